The van der Waals surface area contributed by atoms with E-state index in [-0.39, 0.29) is 0 Å². The van der Waals surface area contributed by atoms with Crippen molar-refractivity contribution in [3.63, 3.8) is 0 Å². The number of pyridine rings is 1. The Hall–Kier alpha value is -0.510. The van der Waals surface area contributed by atoms with E-state index in [1.165, 1.54) is 25.8 Å². The Bertz CT molecular complexity index is 452. The molecule has 0 bridgehead atoms. The Labute approximate surface area is 124 Å². The molecule has 1 aromatic rings. The van der Waals surface area contributed by atoms with Crippen LogP contribution in [0.1, 0.15) is 24.8 Å². The maximum atomic E-state index is 6.07. The number of anilines is 1. The summed E-state index contributed by atoms with van der Waals surface area (Å²) in [5.74, 6) is 1.46. The minimum atomic E-state index is 0.442. The van der Waals surface area contributed by atoms with Crippen LogP contribution < -0.4 is 4.90 Å². The molecule has 0 aromatic carbocycles. The van der Waals surface area contributed by atoms with Gasteiger partial charge in [0.2, 0.25) is 0 Å². The predicted octanol–water partition coefficient (Wildman–Crippen LogP) is 3.15. The lowest BCUT2D eigenvalue weighted by Crippen LogP contribution is -2.55. The first kappa shape index (κ1) is 13.5. The molecule has 1 aromatic heterocycles. The number of aromatic nitrogens is 1. The van der Waals surface area contributed by atoms with Crippen molar-refractivity contribution >= 4 is 29.0 Å². The zero-order valence-corrected chi connectivity index (χ0v) is 12.5. The number of fused-ring (bicyclic) bond motifs is 1. The maximum absolute atomic E-state index is 6.07. The maximum Gasteiger partial charge on any atom is 0.128 e. The SMILES string of the molecule is ClCc1cc(N2CCN3CCCCC3C2)ncc1Cl. The van der Waals surface area contributed by atoms with E-state index in [9.17, 15) is 0 Å². The number of hydrogen-bond acceptors (Lipinski definition) is 3. The molecule has 1 atom stereocenters. The van der Waals surface area contributed by atoms with Gasteiger partial charge in [0.1, 0.15) is 5.82 Å². The molecule has 0 N–H and O–H groups in total. The molecule has 19 heavy (non-hydrogen) atoms. The first-order chi connectivity index (χ1) is 9.28. The highest BCUT2D eigenvalue weighted by atomic mass is 35.5. The summed E-state index contributed by atoms with van der Waals surface area (Å²) in [5.41, 5.74) is 0.972. The monoisotopic (exact) mass is 299 g/mol. The highest BCUT2D eigenvalue weighted by Gasteiger charge is 2.29. The molecule has 5 heteroatoms. The molecule has 2 saturated heterocycles. The molecule has 0 saturated carbocycles. The molecule has 3 heterocycles. The standard InChI is InChI=1S/C14H19Cl2N3/c15-8-11-7-14(17-9-13(11)16)19-6-5-18-4-2-1-3-12(18)10-19/h7,9,12H,1-6,8,10H2. The normalized spacial score (nSPS) is 24.3. The van der Waals surface area contributed by atoms with Crippen molar-refractivity contribution in [3.05, 3.63) is 22.8 Å². The van der Waals surface area contributed by atoms with Gasteiger partial charge in [-0.2, -0.15) is 0 Å². The number of nitrogens with zero attached hydrogens (tertiary/aromatic N) is 3. The summed E-state index contributed by atoms with van der Waals surface area (Å²) in [6.45, 7) is 4.54. The van der Waals surface area contributed by atoms with Crippen LogP contribution in [0, 0.1) is 0 Å². The molecule has 2 aliphatic heterocycles. The first-order valence-electron chi connectivity index (χ1n) is 6.97. The van der Waals surface area contributed by atoms with Gasteiger partial charge >= 0.3 is 0 Å². The number of hydrogen-bond donors (Lipinski definition) is 0. The van der Waals surface area contributed by atoms with Gasteiger partial charge in [-0.25, -0.2) is 4.98 Å². The highest BCUT2D eigenvalue weighted by Crippen LogP contribution is 2.26. The topological polar surface area (TPSA) is 19.4 Å². The van der Waals surface area contributed by atoms with Crippen LogP contribution in [0.5, 0.6) is 0 Å². The first-order valence-corrected chi connectivity index (χ1v) is 7.88. The molecule has 104 valence electrons. The van der Waals surface area contributed by atoms with Crippen LogP contribution in [0.25, 0.3) is 0 Å². The second kappa shape index (κ2) is 5.86. The van der Waals surface area contributed by atoms with E-state index >= 15 is 0 Å². The zero-order chi connectivity index (χ0) is 13.2. The van der Waals surface area contributed by atoms with E-state index in [0.29, 0.717) is 16.9 Å². The van der Waals surface area contributed by atoms with E-state index in [1.807, 2.05) is 6.07 Å². The van der Waals surface area contributed by atoms with E-state index < -0.39 is 0 Å². The summed E-state index contributed by atoms with van der Waals surface area (Å²) < 4.78 is 0. The van der Waals surface area contributed by atoms with Gasteiger partial charge in [0, 0.05) is 37.8 Å². The minimum Gasteiger partial charge on any atom is -0.354 e. The van der Waals surface area contributed by atoms with Gasteiger partial charge in [0.05, 0.1) is 5.02 Å². The van der Waals surface area contributed by atoms with Crippen molar-refractivity contribution < 1.29 is 0 Å². The Morgan fingerprint density at radius 3 is 3.00 bits per heavy atom. The smallest absolute Gasteiger partial charge is 0.128 e. The third kappa shape index (κ3) is 2.83. The van der Waals surface area contributed by atoms with Crippen molar-refractivity contribution in [2.45, 2.75) is 31.2 Å². The molecular weight excluding hydrogens is 281 g/mol. The molecule has 3 rings (SSSR count). The Morgan fingerprint density at radius 2 is 2.16 bits per heavy atom. The summed E-state index contributed by atoms with van der Waals surface area (Å²) in [5, 5.41) is 0.662. The number of halogens is 2. The van der Waals surface area contributed by atoms with Crippen LogP contribution in [0.3, 0.4) is 0 Å². The Kier molecular flexibility index (Phi) is 4.15. The molecule has 0 aliphatic carbocycles. The lowest BCUT2D eigenvalue weighted by atomic mass is 9.99. The van der Waals surface area contributed by atoms with Crippen molar-refractivity contribution in [2.75, 3.05) is 31.1 Å². The van der Waals surface area contributed by atoms with Crippen LogP contribution in [0.2, 0.25) is 5.02 Å². The second-order valence-corrected chi connectivity index (χ2v) is 6.07. The Morgan fingerprint density at radius 1 is 1.26 bits per heavy atom. The molecule has 0 radical (unpaired) electrons. The van der Waals surface area contributed by atoms with E-state index in [2.05, 4.69) is 14.8 Å². The predicted molar refractivity (Wildman–Crippen MR) is 80.2 cm³/mol. The number of piperidine rings is 1. The van der Waals surface area contributed by atoms with Gasteiger partial charge in [-0.1, -0.05) is 18.0 Å². The fraction of sp³-hybridized carbons (Fsp3) is 0.643. The van der Waals surface area contributed by atoms with Gasteiger partial charge < -0.3 is 4.90 Å². The van der Waals surface area contributed by atoms with Crippen molar-refractivity contribution in [3.8, 4) is 0 Å². The molecule has 0 amide bonds. The fourth-order valence-corrected chi connectivity index (χ4v) is 3.57. The van der Waals surface area contributed by atoms with E-state index in [0.717, 1.165) is 31.0 Å². The largest absolute Gasteiger partial charge is 0.354 e. The summed E-state index contributed by atoms with van der Waals surface area (Å²) in [4.78, 5) is 9.46. The number of alkyl halides is 1. The summed E-state index contributed by atoms with van der Waals surface area (Å²) in [7, 11) is 0. The van der Waals surface area contributed by atoms with Crippen LogP contribution in [0.4, 0.5) is 5.82 Å². The number of piperazine rings is 1. The molecule has 3 nitrogen and oxygen atoms in total. The summed E-state index contributed by atoms with van der Waals surface area (Å²) in [6, 6.07) is 2.73. The summed E-state index contributed by atoms with van der Waals surface area (Å²) in [6.07, 6.45) is 5.75. The average molecular weight is 300 g/mol. The Balaban J connectivity index is 1.75. The zero-order valence-electron chi connectivity index (χ0n) is 11.0. The van der Waals surface area contributed by atoms with Crippen molar-refractivity contribution in [1.82, 2.24) is 9.88 Å². The average Bonchev–Trinajstić information content (AvgIpc) is 2.47. The van der Waals surface area contributed by atoms with Gasteiger partial charge in [-0.15, -0.1) is 11.6 Å². The second-order valence-electron chi connectivity index (χ2n) is 5.40. The minimum absolute atomic E-state index is 0.442. The molecule has 0 spiro atoms. The van der Waals surface area contributed by atoms with E-state index in [1.54, 1.807) is 6.20 Å². The summed E-state index contributed by atoms with van der Waals surface area (Å²) >= 11 is 12.0. The van der Waals surface area contributed by atoms with Crippen LogP contribution in [-0.2, 0) is 5.88 Å². The molecule has 2 aliphatic rings. The van der Waals surface area contributed by atoms with Gasteiger partial charge in [-0.05, 0) is 31.0 Å². The van der Waals surface area contributed by atoms with Crippen LogP contribution in [-0.4, -0.2) is 42.1 Å². The van der Waals surface area contributed by atoms with Crippen LogP contribution in [0.15, 0.2) is 12.3 Å². The number of rotatable bonds is 2. The quantitative estimate of drug-likeness (QED) is 0.782. The van der Waals surface area contributed by atoms with Crippen molar-refractivity contribution in [1.29, 1.82) is 0 Å². The highest BCUT2D eigenvalue weighted by molar-refractivity contribution is 6.32. The van der Waals surface area contributed by atoms with Gasteiger partial charge in [0.25, 0.3) is 0 Å². The van der Waals surface area contributed by atoms with Gasteiger partial charge in [-0.3, -0.25) is 4.90 Å². The fourth-order valence-electron chi connectivity index (χ4n) is 3.11. The lowest BCUT2D eigenvalue weighted by Gasteiger charge is -2.44. The van der Waals surface area contributed by atoms with E-state index in [4.69, 9.17) is 23.2 Å². The third-order valence-corrected chi connectivity index (χ3v) is 4.85. The van der Waals surface area contributed by atoms with Crippen molar-refractivity contribution in [2.24, 2.45) is 0 Å². The molecule has 2 fully saturated rings. The van der Waals surface area contributed by atoms with Gasteiger partial charge in [0.15, 0.2) is 0 Å². The van der Waals surface area contributed by atoms with Crippen LogP contribution >= 0.6 is 23.2 Å². The third-order valence-electron chi connectivity index (χ3n) is 4.23. The lowest BCUT2D eigenvalue weighted by molar-refractivity contribution is 0.133. The molecular formula is C14H19Cl2N3. The molecule has 1 unspecified atom stereocenters.